The maximum Gasteiger partial charge on any atom is 0.340 e. The van der Waals surface area contributed by atoms with Crippen LogP contribution in [0.5, 0.6) is 0 Å². The van der Waals surface area contributed by atoms with Gasteiger partial charge in [0.15, 0.2) is 0 Å². The van der Waals surface area contributed by atoms with Gasteiger partial charge in [0, 0.05) is 33.6 Å². The van der Waals surface area contributed by atoms with Gasteiger partial charge in [0.1, 0.15) is 0 Å². The Kier molecular flexibility index (Phi) is 5.04. The van der Waals surface area contributed by atoms with Crippen molar-refractivity contribution in [3.05, 3.63) is 81.4 Å². The predicted octanol–water partition coefficient (Wildman–Crippen LogP) is 4.65. The summed E-state index contributed by atoms with van der Waals surface area (Å²) in [5, 5.41) is 3.36. The fourth-order valence-electron chi connectivity index (χ4n) is 3.12. The van der Waals surface area contributed by atoms with Gasteiger partial charge in [0.25, 0.3) is 0 Å². The first kappa shape index (κ1) is 17.4. The van der Waals surface area contributed by atoms with E-state index >= 15 is 0 Å². The Hall–Kier alpha value is -2.40. The monoisotopic (exact) mass is 398 g/mol. The number of ether oxygens (including phenoxy) is 1. The molecule has 1 aromatic heterocycles. The molecule has 0 radical (unpaired) electrons. The highest BCUT2D eigenvalue weighted by Gasteiger charge is 2.27. The van der Waals surface area contributed by atoms with Crippen molar-refractivity contribution in [2.45, 2.75) is 19.8 Å². The van der Waals surface area contributed by atoms with E-state index in [2.05, 4.69) is 44.4 Å². The fourth-order valence-corrected chi connectivity index (χ4v) is 3.39. The van der Waals surface area contributed by atoms with Gasteiger partial charge in [0.2, 0.25) is 0 Å². The molecule has 2 aromatic rings. The van der Waals surface area contributed by atoms with Gasteiger partial charge >= 0.3 is 5.97 Å². The van der Waals surface area contributed by atoms with Crippen LogP contribution in [0.4, 0.5) is 0 Å². The SMILES string of the molecule is COC(=O)c1cccnc1C1=C(C)NC(C)=CC1c1ccc(Br)cc1. The third-order valence-electron chi connectivity index (χ3n) is 4.21. The van der Waals surface area contributed by atoms with Crippen molar-refractivity contribution in [3.8, 4) is 0 Å². The smallest absolute Gasteiger partial charge is 0.340 e. The van der Waals surface area contributed by atoms with Crippen molar-refractivity contribution < 1.29 is 9.53 Å². The molecule has 1 aromatic carbocycles. The maximum absolute atomic E-state index is 12.2. The number of aromatic nitrogens is 1. The summed E-state index contributed by atoms with van der Waals surface area (Å²) in [6, 6.07) is 11.7. The molecule has 0 amide bonds. The average molecular weight is 399 g/mol. The van der Waals surface area contributed by atoms with E-state index in [0.717, 1.165) is 27.0 Å². The molecular formula is C20H19BrN2O2. The van der Waals surface area contributed by atoms with Gasteiger partial charge < -0.3 is 10.1 Å². The number of rotatable bonds is 3. The van der Waals surface area contributed by atoms with Gasteiger partial charge in [-0.3, -0.25) is 4.98 Å². The lowest BCUT2D eigenvalue weighted by Gasteiger charge is -2.27. The lowest BCUT2D eigenvalue weighted by molar-refractivity contribution is 0.0600. The van der Waals surface area contributed by atoms with Crippen LogP contribution >= 0.6 is 15.9 Å². The van der Waals surface area contributed by atoms with E-state index < -0.39 is 0 Å². The highest BCUT2D eigenvalue weighted by atomic mass is 79.9. The lowest BCUT2D eigenvalue weighted by atomic mass is 9.83. The first-order chi connectivity index (χ1) is 12.0. The van der Waals surface area contributed by atoms with Gasteiger partial charge in [0.05, 0.1) is 18.4 Å². The van der Waals surface area contributed by atoms with Crippen molar-refractivity contribution in [3.63, 3.8) is 0 Å². The van der Waals surface area contributed by atoms with Gasteiger partial charge in [-0.15, -0.1) is 0 Å². The summed E-state index contributed by atoms with van der Waals surface area (Å²) < 4.78 is 5.97. The van der Waals surface area contributed by atoms with Crippen molar-refractivity contribution >= 4 is 27.5 Å². The molecule has 128 valence electrons. The zero-order valence-electron chi connectivity index (χ0n) is 14.3. The number of nitrogens with one attached hydrogen (secondary N) is 1. The van der Waals surface area contributed by atoms with E-state index in [4.69, 9.17) is 4.74 Å². The number of hydrogen-bond donors (Lipinski definition) is 1. The minimum atomic E-state index is -0.385. The minimum absolute atomic E-state index is 0.00709. The first-order valence-corrected chi connectivity index (χ1v) is 8.76. The van der Waals surface area contributed by atoms with E-state index in [1.54, 1.807) is 18.3 Å². The summed E-state index contributed by atoms with van der Waals surface area (Å²) in [7, 11) is 1.38. The number of esters is 1. The van der Waals surface area contributed by atoms with Gasteiger partial charge in [-0.1, -0.05) is 34.1 Å². The number of pyridine rings is 1. The topological polar surface area (TPSA) is 51.2 Å². The Bertz CT molecular complexity index is 870. The summed E-state index contributed by atoms with van der Waals surface area (Å²) >= 11 is 3.48. The molecule has 0 fully saturated rings. The van der Waals surface area contributed by atoms with Crippen LogP contribution in [-0.4, -0.2) is 18.1 Å². The summed E-state index contributed by atoms with van der Waals surface area (Å²) in [5.41, 5.74) is 5.29. The molecule has 0 bridgehead atoms. The van der Waals surface area contributed by atoms with Crippen LogP contribution in [0.1, 0.15) is 41.4 Å². The number of benzene rings is 1. The molecule has 25 heavy (non-hydrogen) atoms. The normalized spacial score (nSPS) is 17.0. The highest BCUT2D eigenvalue weighted by molar-refractivity contribution is 9.10. The summed E-state index contributed by atoms with van der Waals surface area (Å²) in [4.78, 5) is 16.7. The zero-order chi connectivity index (χ0) is 18.0. The van der Waals surface area contributed by atoms with E-state index in [-0.39, 0.29) is 11.9 Å². The summed E-state index contributed by atoms with van der Waals surface area (Å²) in [6.45, 7) is 4.04. The summed E-state index contributed by atoms with van der Waals surface area (Å²) in [5.74, 6) is -0.378. The van der Waals surface area contributed by atoms with E-state index in [0.29, 0.717) is 11.3 Å². The second-order valence-corrected chi connectivity index (χ2v) is 6.85. The van der Waals surface area contributed by atoms with Crippen LogP contribution in [-0.2, 0) is 4.74 Å². The number of carbonyl (C=O) groups is 1. The molecule has 0 spiro atoms. The van der Waals surface area contributed by atoms with Crippen LogP contribution < -0.4 is 5.32 Å². The van der Waals surface area contributed by atoms with Crippen LogP contribution in [0.3, 0.4) is 0 Å². The number of halogens is 1. The molecular weight excluding hydrogens is 380 g/mol. The Balaban J connectivity index is 2.17. The number of nitrogens with zero attached hydrogens (tertiary/aromatic N) is 1. The molecule has 1 aliphatic rings. The third-order valence-corrected chi connectivity index (χ3v) is 4.74. The molecule has 5 heteroatoms. The molecule has 0 saturated carbocycles. The maximum atomic E-state index is 12.2. The Morgan fingerprint density at radius 2 is 1.92 bits per heavy atom. The fraction of sp³-hybridized carbons (Fsp3) is 0.200. The van der Waals surface area contributed by atoms with Crippen molar-refractivity contribution in [2.75, 3.05) is 7.11 Å². The first-order valence-electron chi connectivity index (χ1n) is 7.96. The van der Waals surface area contributed by atoms with Crippen LogP contribution in [0.15, 0.2) is 64.5 Å². The van der Waals surface area contributed by atoms with Crippen LogP contribution in [0.25, 0.3) is 5.57 Å². The number of methoxy groups -OCH3 is 1. The molecule has 4 nitrogen and oxygen atoms in total. The van der Waals surface area contributed by atoms with Crippen molar-refractivity contribution in [1.82, 2.24) is 10.3 Å². The van der Waals surface area contributed by atoms with Gasteiger partial charge in [-0.2, -0.15) is 0 Å². The van der Waals surface area contributed by atoms with Crippen molar-refractivity contribution in [1.29, 1.82) is 0 Å². The Morgan fingerprint density at radius 3 is 2.60 bits per heavy atom. The number of dihydropyridines is 1. The predicted molar refractivity (Wildman–Crippen MR) is 102 cm³/mol. The number of allylic oxidation sites excluding steroid dienone is 4. The van der Waals surface area contributed by atoms with Crippen LogP contribution in [0.2, 0.25) is 0 Å². The molecule has 0 aliphatic carbocycles. The van der Waals surface area contributed by atoms with E-state index in [1.807, 2.05) is 26.0 Å². The molecule has 2 heterocycles. The lowest BCUT2D eigenvalue weighted by Crippen LogP contribution is -2.21. The minimum Gasteiger partial charge on any atom is -0.465 e. The van der Waals surface area contributed by atoms with Gasteiger partial charge in [-0.25, -0.2) is 4.79 Å². The summed E-state index contributed by atoms with van der Waals surface area (Å²) in [6.07, 6.45) is 3.85. The molecule has 1 atom stereocenters. The largest absolute Gasteiger partial charge is 0.465 e. The Morgan fingerprint density at radius 1 is 1.20 bits per heavy atom. The van der Waals surface area contributed by atoms with Crippen molar-refractivity contribution in [2.24, 2.45) is 0 Å². The standard InChI is InChI=1S/C20H19BrN2O2/c1-12-11-17(14-6-8-15(21)9-7-14)18(13(2)23-12)19-16(20(24)25-3)5-4-10-22-19/h4-11,17,23H,1-3H3. The number of hydrogen-bond acceptors (Lipinski definition) is 4. The second kappa shape index (κ2) is 7.23. The van der Waals surface area contributed by atoms with Gasteiger partial charge in [-0.05, 0) is 43.7 Å². The third kappa shape index (κ3) is 3.51. The molecule has 1 aliphatic heterocycles. The molecule has 1 unspecified atom stereocenters. The number of carbonyl (C=O) groups excluding carboxylic acids is 1. The Labute approximate surface area is 155 Å². The van der Waals surface area contributed by atoms with E-state index in [9.17, 15) is 4.79 Å². The highest BCUT2D eigenvalue weighted by Crippen LogP contribution is 2.39. The molecule has 1 N–H and O–H groups in total. The van der Waals surface area contributed by atoms with E-state index in [1.165, 1.54) is 7.11 Å². The van der Waals surface area contributed by atoms with Crippen LogP contribution in [0, 0.1) is 0 Å². The second-order valence-electron chi connectivity index (χ2n) is 5.93. The molecule has 0 saturated heterocycles. The quantitative estimate of drug-likeness (QED) is 0.764. The zero-order valence-corrected chi connectivity index (χ0v) is 15.9. The average Bonchev–Trinajstić information content (AvgIpc) is 2.61. The molecule has 3 rings (SSSR count).